The highest BCUT2D eigenvalue weighted by atomic mass is 15.4. The molecule has 0 saturated heterocycles. The van der Waals surface area contributed by atoms with Gasteiger partial charge in [0.25, 0.3) is 0 Å². The fourth-order valence-corrected chi connectivity index (χ4v) is 1.33. The van der Waals surface area contributed by atoms with Crippen LogP contribution in [-0.4, -0.2) is 6.54 Å². The van der Waals surface area contributed by atoms with Gasteiger partial charge in [-0.25, -0.2) is 0 Å². The Hall–Kier alpha value is -1.04. The Morgan fingerprint density at radius 2 is 1.69 bits per heavy atom. The minimum absolute atomic E-state index is 0.922. The Balaban J connectivity index is 2.22. The van der Waals surface area contributed by atoms with Crippen molar-refractivity contribution in [3.05, 3.63) is 0 Å². The lowest BCUT2D eigenvalue weighted by molar-refractivity contribution is 0.571. The van der Waals surface area contributed by atoms with E-state index in [1.807, 2.05) is 0 Å². The van der Waals surface area contributed by atoms with Gasteiger partial charge in [-0.2, -0.15) is 0 Å². The van der Waals surface area contributed by atoms with Crippen LogP contribution < -0.4 is 5.43 Å². The molecule has 0 aromatic heterocycles. The van der Waals surface area contributed by atoms with Gasteiger partial charge in [0.2, 0.25) is 0 Å². The summed E-state index contributed by atoms with van der Waals surface area (Å²) < 4.78 is 0. The molecule has 1 N–H and O–H groups in total. The second-order valence-corrected chi connectivity index (χ2v) is 3.27. The number of hydrogen-bond acceptors (Lipinski definition) is 3. The van der Waals surface area contributed by atoms with E-state index in [1.54, 1.807) is 0 Å². The molecule has 1 rings (SSSR count). The number of nitrogens with one attached hydrogen (secondary N) is 1. The SMILES string of the molecule is C1#CN=NNCCCCCCCC1. The van der Waals surface area contributed by atoms with Crippen molar-refractivity contribution in [2.75, 3.05) is 6.54 Å². The van der Waals surface area contributed by atoms with E-state index in [4.69, 9.17) is 0 Å². The van der Waals surface area contributed by atoms with Gasteiger partial charge in [-0.15, -0.1) is 0 Å². The van der Waals surface area contributed by atoms with Crippen molar-refractivity contribution >= 4 is 0 Å². The predicted molar refractivity (Wildman–Crippen MR) is 53.0 cm³/mol. The first-order valence-electron chi connectivity index (χ1n) is 5.10. The normalized spacial score (nSPS) is 19.7. The van der Waals surface area contributed by atoms with Gasteiger partial charge in [0, 0.05) is 13.0 Å². The molecule has 0 saturated carbocycles. The summed E-state index contributed by atoms with van der Waals surface area (Å²) in [6.45, 7) is 0.922. The molecule has 1 aliphatic heterocycles. The van der Waals surface area contributed by atoms with Crippen molar-refractivity contribution in [1.82, 2.24) is 5.43 Å². The maximum Gasteiger partial charge on any atom is 0.0593 e. The Morgan fingerprint density at radius 3 is 2.62 bits per heavy atom. The summed E-state index contributed by atoms with van der Waals surface area (Å²) in [5.74, 6) is 2.97. The molecule has 3 nitrogen and oxygen atoms in total. The molecule has 0 aromatic carbocycles. The van der Waals surface area contributed by atoms with Crippen LogP contribution in [-0.2, 0) is 0 Å². The van der Waals surface area contributed by atoms with Crippen LogP contribution in [0.25, 0.3) is 0 Å². The summed E-state index contributed by atoms with van der Waals surface area (Å²) in [5, 5.41) is 7.42. The maximum absolute atomic E-state index is 3.74. The zero-order chi connectivity index (χ0) is 9.19. The molecular formula is C10H17N3. The Labute approximate surface area is 80.0 Å². The first-order chi connectivity index (χ1) is 6.50. The van der Waals surface area contributed by atoms with Gasteiger partial charge in [0.15, 0.2) is 0 Å². The molecular weight excluding hydrogens is 162 g/mol. The van der Waals surface area contributed by atoms with E-state index in [9.17, 15) is 0 Å². The second-order valence-electron chi connectivity index (χ2n) is 3.27. The first-order valence-corrected chi connectivity index (χ1v) is 5.10. The molecule has 1 heterocycles. The average molecular weight is 179 g/mol. The van der Waals surface area contributed by atoms with Gasteiger partial charge in [-0.05, 0) is 12.8 Å². The van der Waals surface area contributed by atoms with E-state index in [2.05, 4.69) is 27.7 Å². The first kappa shape index (κ1) is 10.0. The van der Waals surface area contributed by atoms with Gasteiger partial charge in [-0.1, -0.05) is 41.9 Å². The third kappa shape index (κ3) is 6.15. The summed E-state index contributed by atoms with van der Waals surface area (Å²) in [5.41, 5.74) is 2.88. The summed E-state index contributed by atoms with van der Waals surface area (Å²) in [4.78, 5) is 0. The molecule has 1 aliphatic rings. The van der Waals surface area contributed by atoms with Crippen molar-refractivity contribution in [3.63, 3.8) is 0 Å². The monoisotopic (exact) mass is 179 g/mol. The lowest BCUT2D eigenvalue weighted by atomic mass is 10.1. The molecule has 0 bridgehead atoms. The second kappa shape index (κ2) is 7.60. The number of hydrogen-bond donors (Lipinski definition) is 1. The molecule has 0 unspecified atom stereocenters. The van der Waals surface area contributed by atoms with Crippen LogP contribution in [0.1, 0.15) is 44.9 Å². The van der Waals surface area contributed by atoms with Crippen molar-refractivity contribution in [1.29, 1.82) is 0 Å². The van der Waals surface area contributed by atoms with Crippen molar-refractivity contribution < 1.29 is 0 Å². The van der Waals surface area contributed by atoms with E-state index < -0.39 is 0 Å². The van der Waals surface area contributed by atoms with Crippen LogP contribution in [0.4, 0.5) is 0 Å². The van der Waals surface area contributed by atoms with Gasteiger partial charge < -0.3 is 0 Å². The summed E-state index contributed by atoms with van der Waals surface area (Å²) in [6.07, 6.45) is 8.63. The molecule has 0 radical (unpaired) electrons. The van der Waals surface area contributed by atoms with Crippen molar-refractivity contribution in [2.24, 2.45) is 10.3 Å². The van der Waals surface area contributed by atoms with Crippen LogP contribution in [0.5, 0.6) is 0 Å². The molecule has 0 aromatic rings. The average Bonchev–Trinajstić information content (AvgIpc) is 2.18. The fraction of sp³-hybridized carbons (Fsp3) is 0.800. The minimum atomic E-state index is 0.922. The number of nitrogens with zero attached hydrogens (tertiary/aromatic N) is 2. The Kier molecular flexibility index (Phi) is 5.87. The standard InChI is InChI=1S/C10H17N3/c1-2-4-6-8-10-12-13-11-9-7-5-3-1/h1-7,9H2,(H,11,12). The third-order valence-electron chi connectivity index (χ3n) is 2.09. The molecule has 0 spiro atoms. The lowest BCUT2D eigenvalue weighted by Gasteiger charge is -1.99. The van der Waals surface area contributed by atoms with Gasteiger partial charge in [0.05, 0.1) is 6.04 Å². The van der Waals surface area contributed by atoms with Crippen molar-refractivity contribution in [2.45, 2.75) is 44.9 Å². The smallest absolute Gasteiger partial charge is 0.0593 e. The maximum atomic E-state index is 3.74. The van der Waals surface area contributed by atoms with Crippen LogP contribution in [0.2, 0.25) is 0 Å². The van der Waals surface area contributed by atoms with Gasteiger partial charge >= 0.3 is 0 Å². The van der Waals surface area contributed by atoms with Crippen molar-refractivity contribution in [3.8, 4) is 12.0 Å². The van der Waals surface area contributed by atoms with Crippen LogP contribution in [0.15, 0.2) is 10.3 Å². The zero-order valence-corrected chi connectivity index (χ0v) is 8.05. The molecule has 0 amide bonds. The highest BCUT2D eigenvalue weighted by molar-refractivity contribution is 4.95. The molecule has 13 heavy (non-hydrogen) atoms. The Bertz CT molecular complexity index is 200. The van der Waals surface area contributed by atoms with Gasteiger partial charge in [0.1, 0.15) is 0 Å². The number of rotatable bonds is 0. The summed E-state index contributed by atoms with van der Waals surface area (Å²) in [7, 11) is 0. The van der Waals surface area contributed by atoms with E-state index in [0.29, 0.717) is 0 Å². The quantitative estimate of drug-likeness (QED) is 0.570. The molecule has 0 atom stereocenters. The molecule has 3 heteroatoms. The van der Waals surface area contributed by atoms with E-state index >= 15 is 0 Å². The van der Waals surface area contributed by atoms with Gasteiger partial charge in [-0.3, -0.25) is 5.43 Å². The summed E-state index contributed by atoms with van der Waals surface area (Å²) in [6, 6.07) is 2.67. The lowest BCUT2D eigenvalue weighted by Crippen LogP contribution is -2.05. The van der Waals surface area contributed by atoms with Crippen LogP contribution >= 0.6 is 0 Å². The fourth-order valence-electron chi connectivity index (χ4n) is 1.33. The van der Waals surface area contributed by atoms with Crippen LogP contribution in [0.3, 0.4) is 0 Å². The third-order valence-corrected chi connectivity index (χ3v) is 2.09. The molecule has 0 aliphatic carbocycles. The van der Waals surface area contributed by atoms with E-state index in [1.165, 1.54) is 38.5 Å². The highest BCUT2D eigenvalue weighted by Gasteiger charge is 1.91. The zero-order valence-electron chi connectivity index (χ0n) is 8.05. The largest absolute Gasteiger partial charge is 0.291 e. The minimum Gasteiger partial charge on any atom is -0.291 e. The topological polar surface area (TPSA) is 36.8 Å². The van der Waals surface area contributed by atoms with E-state index in [-0.39, 0.29) is 0 Å². The Morgan fingerprint density at radius 1 is 0.923 bits per heavy atom. The molecule has 0 fully saturated rings. The summed E-state index contributed by atoms with van der Waals surface area (Å²) >= 11 is 0. The predicted octanol–water partition coefficient (Wildman–Crippen LogP) is 2.65. The van der Waals surface area contributed by atoms with E-state index in [0.717, 1.165) is 13.0 Å². The molecule has 72 valence electrons. The van der Waals surface area contributed by atoms with Crippen LogP contribution in [0, 0.1) is 12.0 Å². The highest BCUT2D eigenvalue weighted by Crippen LogP contribution is 2.06.